The van der Waals surface area contributed by atoms with Gasteiger partial charge in [-0.1, -0.05) is 35.9 Å². The maximum atomic E-state index is 12.4. The van der Waals surface area contributed by atoms with E-state index in [0.29, 0.717) is 48.0 Å². The molecule has 0 saturated carbocycles. The van der Waals surface area contributed by atoms with Crippen LogP contribution in [-0.4, -0.2) is 38.4 Å². The number of sulfonamides is 1. The van der Waals surface area contributed by atoms with Gasteiger partial charge in [-0.25, -0.2) is 13.1 Å². The summed E-state index contributed by atoms with van der Waals surface area (Å²) in [7, 11) is -3.45. The van der Waals surface area contributed by atoms with Gasteiger partial charge in [-0.05, 0) is 42.3 Å². The number of aryl methyl sites for hydroxylation is 1. The fraction of sp³-hybridized carbons (Fsp3) is 0.389. The lowest BCUT2D eigenvalue weighted by Crippen LogP contribution is -2.46. The van der Waals surface area contributed by atoms with Crippen LogP contribution in [-0.2, 0) is 21.2 Å². The van der Waals surface area contributed by atoms with E-state index >= 15 is 0 Å². The summed E-state index contributed by atoms with van der Waals surface area (Å²) in [6, 6.07) is 10.7. The minimum absolute atomic E-state index is 0.0875. The van der Waals surface area contributed by atoms with Crippen LogP contribution < -0.4 is 4.72 Å². The summed E-state index contributed by atoms with van der Waals surface area (Å²) in [6.07, 6.45) is 2.28. The number of hydrogen-bond acceptors (Lipinski definition) is 4. The predicted octanol–water partition coefficient (Wildman–Crippen LogP) is 3.30. The van der Waals surface area contributed by atoms with Crippen molar-refractivity contribution in [2.75, 3.05) is 13.1 Å². The van der Waals surface area contributed by atoms with E-state index in [1.165, 1.54) is 11.3 Å². The molecule has 1 N–H and O–H groups in total. The predicted molar refractivity (Wildman–Crippen MR) is 104 cm³/mol. The highest BCUT2D eigenvalue weighted by Crippen LogP contribution is 2.20. The maximum Gasteiger partial charge on any atom is 0.250 e. The molecule has 1 aromatic heterocycles. The number of carbonyl (C=O) groups excluding carboxylic acids is 1. The maximum absolute atomic E-state index is 12.4. The monoisotopic (exact) mass is 412 g/mol. The van der Waals surface area contributed by atoms with Crippen molar-refractivity contribution in [2.24, 2.45) is 0 Å². The smallest absolute Gasteiger partial charge is 0.250 e. The van der Waals surface area contributed by atoms with Crippen LogP contribution in [0.3, 0.4) is 0 Å². The van der Waals surface area contributed by atoms with Crippen LogP contribution >= 0.6 is 22.9 Å². The first-order valence-corrected chi connectivity index (χ1v) is 11.3. The van der Waals surface area contributed by atoms with E-state index in [0.717, 1.165) is 5.56 Å². The Morgan fingerprint density at radius 2 is 1.92 bits per heavy atom. The van der Waals surface area contributed by atoms with Crippen molar-refractivity contribution >= 4 is 38.9 Å². The Bertz CT molecular complexity index is 845. The summed E-state index contributed by atoms with van der Waals surface area (Å²) in [5.41, 5.74) is 0.973. The van der Waals surface area contributed by atoms with E-state index < -0.39 is 10.0 Å². The van der Waals surface area contributed by atoms with E-state index in [1.807, 2.05) is 29.2 Å². The third-order valence-corrected chi connectivity index (χ3v) is 7.78. The Hall–Kier alpha value is -1.41. The molecule has 26 heavy (non-hydrogen) atoms. The highest BCUT2D eigenvalue weighted by molar-refractivity contribution is 7.91. The van der Waals surface area contributed by atoms with Gasteiger partial charge in [0.15, 0.2) is 0 Å². The molecule has 0 atom stereocenters. The number of hydrogen-bond donors (Lipinski definition) is 1. The molecule has 0 aliphatic carbocycles. The molecular formula is C18H21ClN2O3S2. The van der Waals surface area contributed by atoms with Gasteiger partial charge in [0.2, 0.25) is 15.9 Å². The second-order valence-corrected chi connectivity index (χ2v) is 9.60. The summed E-state index contributed by atoms with van der Waals surface area (Å²) < 4.78 is 27.6. The lowest BCUT2D eigenvalue weighted by molar-refractivity contribution is -0.132. The largest absolute Gasteiger partial charge is 0.343 e. The summed E-state index contributed by atoms with van der Waals surface area (Å²) in [4.78, 5) is 14.2. The lowest BCUT2D eigenvalue weighted by Gasteiger charge is -2.32. The number of halogens is 1. The number of likely N-dealkylation sites (tertiary alicyclic amines) is 1. The summed E-state index contributed by atoms with van der Waals surface area (Å²) in [6.45, 7) is 1.14. The van der Waals surface area contributed by atoms with Crippen molar-refractivity contribution < 1.29 is 13.2 Å². The Morgan fingerprint density at radius 3 is 2.58 bits per heavy atom. The Balaban J connectivity index is 1.47. The second-order valence-electron chi connectivity index (χ2n) is 6.30. The number of nitrogens with zero attached hydrogens (tertiary/aromatic N) is 1. The molecule has 1 saturated heterocycles. The molecule has 0 radical (unpaired) electrons. The summed E-state index contributed by atoms with van der Waals surface area (Å²) >= 11 is 7.33. The number of benzene rings is 1. The van der Waals surface area contributed by atoms with Crippen LogP contribution in [0.5, 0.6) is 0 Å². The Labute approximate surface area is 163 Å². The van der Waals surface area contributed by atoms with Gasteiger partial charge in [-0.3, -0.25) is 4.79 Å². The van der Waals surface area contributed by atoms with Crippen LogP contribution in [0.15, 0.2) is 46.0 Å². The van der Waals surface area contributed by atoms with E-state index in [-0.39, 0.29) is 11.9 Å². The van der Waals surface area contributed by atoms with Gasteiger partial charge in [0.05, 0.1) is 0 Å². The molecule has 1 aromatic carbocycles. The van der Waals surface area contributed by atoms with Crippen LogP contribution in [0.4, 0.5) is 0 Å². The average molecular weight is 413 g/mol. The fourth-order valence-corrected chi connectivity index (χ4v) is 5.59. The number of nitrogens with one attached hydrogen (secondary N) is 1. The molecule has 0 bridgehead atoms. The van der Waals surface area contributed by atoms with Crippen molar-refractivity contribution in [1.82, 2.24) is 9.62 Å². The van der Waals surface area contributed by atoms with Gasteiger partial charge >= 0.3 is 0 Å². The van der Waals surface area contributed by atoms with Crippen molar-refractivity contribution in [1.29, 1.82) is 0 Å². The second kappa shape index (κ2) is 8.52. The summed E-state index contributed by atoms with van der Waals surface area (Å²) in [5, 5.41) is 2.43. The highest BCUT2D eigenvalue weighted by atomic mass is 35.5. The molecule has 5 nitrogen and oxygen atoms in total. The Morgan fingerprint density at radius 1 is 1.19 bits per heavy atom. The van der Waals surface area contributed by atoms with Crippen LogP contribution in [0.25, 0.3) is 0 Å². The summed E-state index contributed by atoms with van der Waals surface area (Å²) in [5.74, 6) is 0.0875. The first-order valence-electron chi connectivity index (χ1n) is 8.53. The molecule has 0 spiro atoms. The molecule has 2 heterocycles. The van der Waals surface area contributed by atoms with Gasteiger partial charge in [-0.2, -0.15) is 0 Å². The molecule has 2 aromatic rings. The molecule has 3 rings (SSSR count). The van der Waals surface area contributed by atoms with Gasteiger partial charge in [-0.15, -0.1) is 11.3 Å². The Kier molecular flexibility index (Phi) is 6.34. The minimum Gasteiger partial charge on any atom is -0.343 e. The van der Waals surface area contributed by atoms with Crippen molar-refractivity contribution in [3.05, 3.63) is 52.4 Å². The first-order chi connectivity index (χ1) is 12.5. The number of rotatable bonds is 6. The normalized spacial score (nSPS) is 16.0. The average Bonchev–Trinajstić information content (AvgIpc) is 3.17. The van der Waals surface area contributed by atoms with Gasteiger partial charge in [0.25, 0.3) is 0 Å². The number of thiophene rings is 1. The van der Waals surface area contributed by atoms with E-state index in [1.54, 1.807) is 17.5 Å². The molecule has 0 unspecified atom stereocenters. The number of piperidine rings is 1. The topological polar surface area (TPSA) is 66.5 Å². The van der Waals surface area contributed by atoms with Crippen LogP contribution in [0.1, 0.15) is 24.8 Å². The first kappa shape index (κ1) is 19.4. The van der Waals surface area contributed by atoms with E-state index in [9.17, 15) is 13.2 Å². The SMILES string of the molecule is O=C(CCc1ccccc1Cl)N1CCC(NS(=O)(=O)c2cccs2)CC1. The van der Waals surface area contributed by atoms with Gasteiger partial charge < -0.3 is 4.90 Å². The zero-order chi connectivity index (χ0) is 18.6. The molecule has 8 heteroatoms. The lowest BCUT2D eigenvalue weighted by atomic mass is 10.0. The van der Waals surface area contributed by atoms with Gasteiger partial charge in [0.1, 0.15) is 4.21 Å². The third-order valence-electron chi connectivity index (χ3n) is 4.50. The molecule has 1 aliphatic rings. The van der Waals surface area contributed by atoms with Gasteiger partial charge in [0, 0.05) is 30.6 Å². The highest BCUT2D eigenvalue weighted by Gasteiger charge is 2.26. The zero-order valence-electron chi connectivity index (χ0n) is 14.2. The fourth-order valence-electron chi connectivity index (χ4n) is 3.04. The third kappa shape index (κ3) is 4.85. The van der Waals surface area contributed by atoms with Crippen molar-refractivity contribution in [2.45, 2.75) is 35.9 Å². The standard InChI is InChI=1S/C18H21ClN2O3S2/c19-16-5-2-1-4-14(16)7-8-17(22)21-11-9-15(10-12-21)20-26(23,24)18-6-3-13-25-18/h1-6,13,15,20H,7-12H2. The molecule has 1 fully saturated rings. The molecular weight excluding hydrogens is 392 g/mol. The molecule has 140 valence electrons. The van der Waals surface area contributed by atoms with Crippen molar-refractivity contribution in [3.8, 4) is 0 Å². The van der Waals surface area contributed by atoms with Crippen LogP contribution in [0, 0.1) is 0 Å². The minimum atomic E-state index is -3.45. The van der Waals surface area contributed by atoms with E-state index in [2.05, 4.69) is 4.72 Å². The van der Waals surface area contributed by atoms with Crippen molar-refractivity contribution in [3.63, 3.8) is 0 Å². The zero-order valence-corrected chi connectivity index (χ0v) is 16.6. The van der Waals surface area contributed by atoms with Crippen LogP contribution in [0.2, 0.25) is 5.02 Å². The van der Waals surface area contributed by atoms with E-state index in [4.69, 9.17) is 11.6 Å². The number of carbonyl (C=O) groups is 1. The number of amides is 1. The molecule has 1 aliphatic heterocycles. The molecule has 1 amide bonds. The quantitative estimate of drug-likeness (QED) is 0.791.